The number of methoxy groups -OCH3 is 1. The molecule has 7 heteroatoms. The van der Waals surface area contributed by atoms with Crippen LogP contribution in [-0.2, 0) is 16.9 Å². The van der Waals surface area contributed by atoms with Crippen LogP contribution in [0.25, 0.3) is 0 Å². The lowest BCUT2D eigenvalue weighted by Gasteiger charge is -2.23. The fraction of sp³-hybridized carbons (Fsp3) is 0.318. The summed E-state index contributed by atoms with van der Waals surface area (Å²) in [6.07, 6.45) is 0. The van der Waals surface area contributed by atoms with Crippen LogP contribution < -0.4 is 14.8 Å². The molecule has 0 saturated carbocycles. The van der Waals surface area contributed by atoms with Gasteiger partial charge in [-0.15, -0.1) is 0 Å². The molecule has 3 rings (SSSR count). The Kier molecular flexibility index (Phi) is 5.59. The van der Waals surface area contributed by atoms with Crippen molar-refractivity contribution in [2.75, 3.05) is 13.7 Å². The second kappa shape index (κ2) is 7.95. The summed E-state index contributed by atoms with van der Waals surface area (Å²) in [5, 5.41) is 2.78. The number of nitrogens with zero attached hydrogens (tertiary/aromatic N) is 1. The molecular formula is C22H24N2O5. The SMILES string of the molecule is CCOc1ccc(C(C)=O)cc1CN1C(=O)NC(C)(c2ccc(OC)cc2)C1=O. The summed E-state index contributed by atoms with van der Waals surface area (Å²) in [6.45, 7) is 5.42. The van der Waals surface area contributed by atoms with E-state index in [1.54, 1.807) is 56.5 Å². The minimum Gasteiger partial charge on any atom is -0.497 e. The molecule has 1 fully saturated rings. The lowest BCUT2D eigenvalue weighted by atomic mass is 9.92. The molecule has 1 aliphatic rings. The van der Waals surface area contributed by atoms with Crippen molar-refractivity contribution in [3.8, 4) is 11.5 Å². The van der Waals surface area contributed by atoms with E-state index in [2.05, 4.69) is 5.32 Å². The quantitative estimate of drug-likeness (QED) is 0.574. The van der Waals surface area contributed by atoms with Gasteiger partial charge in [0, 0.05) is 11.1 Å². The maximum Gasteiger partial charge on any atom is 0.325 e. The zero-order valence-electron chi connectivity index (χ0n) is 16.9. The highest BCUT2D eigenvalue weighted by molar-refractivity contribution is 6.07. The Morgan fingerprint density at radius 3 is 2.41 bits per heavy atom. The zero-order chi connectivity index (χ0) is 21.2. The Morgan fingerprint density at radius 2 is 1.83 bits per heavy atom. The Morgan fingerprint density at radius 1 is 1.14 bits per heavy atom. The molecule has 1 saturated heterocycles. The van der Waals surface area contributed by atoms with Crippen molar-refractivity contribution >= 4 is 17.7 Å². The van der Waals surface area contributed by atoms with E-state index in [-0.39, 0.29) is 18.2 Å². The number of Topliss-reactive ketones (excluding diaryl/α,β-unsaturated/α-hetero) is 1. The van der Waals surface area contributed by atoms with Crippen molar-refractivity contribution in [2.45, 2.75) is 32.9 Å². The fourth-order valence-electron chi connectivity index (χ4n) is 3.35. The normalized spacial score (nSPS) is 18.6. The molecule has 7 nitrogen and oxygen atoms in total. The van der Waals surface area contributed by atoms with Crippen molar-refractivity contribution in [1.82, 2.24) is 10.2 Å². The molecule has 29 heavy (non-hydrogen) atoms. The molecular weight excluding hydrogens is 372 g/mol. The number of carbonyl (C=O) groups excluding carboxylic acids is 3. The van der Waals surface area contributed by atoms with Gasteiger partial charge in [0.1, 0.15) is 17.0 Å². The molecule has 2 aromatic carbocycles. The van der Waals surface area contributed by atoms with Crippen molar-refractivity contribution in [3.63, 3.8) is 0 Å². The number of hydrogen-bond donors (Lipinski definition) is 1. The summed E-state index contributed by atoms with van der Waals surface area (Å²) in [4.78, 5) is 38.7. The number of ketones is 1. The van der Waals surface area contributed by atoms with Crippen molar-refractivity contribution in [3.05, 3.63) is 59.2 Å². The Hall–Kier alpha value is -3.35. The first-order chi connectivity index (χ1) is 13.8. The third-order valence-electron chi connectivity index (χ3n) is 5.04. The Balaban J connectivity index is 1.92. The average molecular weight is 396 g/mol. The van der Waals surface area contributed by atoms with Gasteiger partial charge in [-0.2, -0.15) is 0 Å². The molecule has 1 atom stereocenters. The van der Waals surface area contributed by atoms with Crippen LogP contribution in [-0.4, -0.2) is 36.3 Å². The van der Waals surface area contributed by atoms with Gasteiger partial charge in [-0.25, -0.2) is 4.79 Å². The number of nitrogens with one attached hydrogen (secondary N) is 1. The highest BCUT2D eigenvalue weighted by Gasteiger charge is 2.49. The van der Waals surface area contributed by atoms with E-state index in [4.69, 9.17) is 9.47 Å². The number of imide groups is 1. The van der Waals surface area contributed by atoms with Gasteiger partial charge in [-0.1, -0.05) is 12.1 Å². The van der Waals surface area contributed by atoms with E-state index >= 15 is 0 Å². The highest BCUT2D eigenvalue weighted by atomic mass is 16.5. The molecule has 1 N–H and O–H groups in total. The first kappa shape index (κ1) is 20.4. The van der Waals surface area contributed by atoms with Crippen LogP contribution in [0.1, 0.15) is 42.3 Å². The summed E-state index contributed by atoms with van der Waals surface area (Å²) in [6, 6.07) is 11.5. The molecule has 2 aromatic rings. The standard InChI is InChI=1S/C22H24N2O5/c1-5-29-19-11-6-15(14(2)25)12-16(19)13-24-20(26)22(3,23-21(24)27)17-7-9-18(28-4)10-8-17/h6-12H,5,13H2,1-4H3,(H,23,27). The predicted octanol–water partition coefficient (Wildman–Crippen LogP) is 3.26. The molecule has 1 unspecified atom stereocenters. The Bertz CT molecular complexity index is 954. The summed E-state index contributed by atoms with van der Waals surface area (Å²) < 4.78 is 10.8. The van der Waals surface area contributed by atoms with Gasteiger partial charge < -0.3 is 14.8 Å². The van der Waals surface area contributed by atoms with E-state index < -0.39 is 11.6 Å². The molecule has 1 heterocycles. The molecule has 0 radical (unpaired) electrons. The molecule has 0 spiro atoms. The van der Waals surface area contributed by atoms with E-state index in [0.29, 0.717) is 34.8 Å². The molecule has 3 amide bonds. The summed E-state index contributed by atoms with van der Waals surface area (Å²) in [5.74, 6) is 0.724. The van der Waals surface area contributed by atoms with Crippen LogP contribution in [0, 0.1) is 0 Å². The second-order valence-corrected chi connectivity index (χ2v) is 6.99. The van der Waals surface area contributed by atoms with Crippen LogP contribution in [0.15, 0.2) is 42.5 Å². The Labute approximate surface area is 169 Å². The van der Waals surface area contributed by atoms with E-state index in [1.807, 2.05) is 6.92 Å². The van der Waals surface area contributed by atoms with Gasteiger partial charge in [0.15, 0.2) is 5.78 Å². The largest absolute Gasteiger partial charge is 0.497 e. The van der Waals surface area contributed by atoms with Crippen molar-refractivity contribution < 1.29 is 23.9 Å². The first-order valence-corrected chi connectivity index (χ1v) is 9.35. The van der Waals surface area contributed by atoms with Crippen LogP contribution >= 0.6 is 0 Å². The molecule has 152 valence electrons. The van der Waals surface area contributed by atoms with Gasteiger partial charge >= 0.3 is 6.03 Å². The number of carbonyl (C=O) groups is 3. The predicted molar refractivity (Wildman–Crippen MR) is 107 cm³/mol. The maximum atomic E-state index is 13.2. The number of hydrogen-bond acceptors (Lipinski definition) is 5. The van der Waals surface area contributed by atoms with Crippen molar-refractivity contribution in [1.29, 1.82) is 0 Å². The van der Waals surface area contributed by atoms with E-state index in [1.165, 1.54) is 6.92 Å². The molecule has 1 aliphatic heterocycles. The first-order valence-electron chi connectivity index (χ1n) is 9.35. The zero-order valence-corrected chi connectivity index (χ0v) is 16.9. The van der Waals surface area contributed by atoms with Gasteiger partial charge in [-0.3, -0.25) is 14.5 Å². The number of rotatable bonds is 7. The molecule has 0 aliphatic carbocycles. The van der Waals surface area contributed by atoms with Crippen LogP contribution in [0.4, 0.5) is 4.79 Å². The van der Waals surface area contributed by atoms with Crippen molar-refractivity contribution in [2.24, 2.45) is 0 Å². The number of ether oxygens (including phenoxy) is 2. The fourth-order valence-corrected chi connectivity index (χ4v) is 3.35. The monoisotopic (exact) mass is 396 g/mol. The topological polar surface area (TPSA) is 84.9 Å². The van der Waals surface area contributed by atoms with E-state index in [0.717, 1.165) is 4.90 Å². The highest BCUT2D eigenvalue weighted by Crippen LogP contribution is 2.32. The van der Waals surface area contributed by atoms with Crippen LogP contribution in [0.3, 0.4) is 0 Å². The van der Waals surface area contributed by atoms with Gasteiger partial charge in [0.05, 0.1) is 20.3 Å². The molecule has 0 aromatic heterocycles. The minimum absolute atomic E-state index is 0.00681. The number of urea groups is 1. The van der Waals surface area contributed by atoms with Gasteiger partial charge in [0.2, 0.25) is 0 Å². The van der Waals surface area contributed by atoms with Crippen LogP contribution in [0.2, 0.25) is 0 Å². The number of amides is 3. The third-order valence-corrected chi connectivity index (χ3v) is 5.04. The smallest absolute Gasteiger partial charge is 0.325 e. The average Bonchev–Trinajstić information content (AvgIpc) is 2.93. The number of benzene rings is 2. The summed E-state index contributed by atoms with van der Waals surface area (Å²) in [7, 11) is 1.56. The van der Waals surface area contributed by atoms with Gasteiger partial charge in [-0.05, 0) is 56.7 Å². The van der Waals surface area contributed by atoms with Crippen LogP contribution in [0.5, 0.6) is 11.5 Å². The van der Waals surface area contributed by atoms with E-state index in [9.17, 15) is 14.4 Å². The summed E-state index contributed by atoms with van der Waals surface area (Å²) in [5.41, 5.74) is 0.560. The minimum atomic E-state index is -1.19. The maximum absolute atomic E-state index is 13.2. The lowest BCUT2D eigenvalue weighted by Crippen LogP contribution is -2.40. The van der Waals surface area contributed by atoms with Gasteiger partial charge in [0.25, 0.3) is 5.91 Å². The summed E-state index contributed by atoms with van der Waals surface area (Å²) >= 11 is 0. The lowest BCUT2D eigenvalue weighted by molar-refractivity contribution is -0.131. The molecule has 0 bridgehead atoms. The second-order valence-electron chi connectivity index (χ2n) is 6.99. The third kappa shape index (κ3) is 3.81.